The molecule has 230 valence electrons. The number of unbranched alkanes of at least 4 members (excludes halogenated alkanes) is 22. The Hall–Kier alpha value is -1.13. The van der Waals surface area contributed by atoms with Crippen molar-refractivity contribution < 1.29 is 15.0 Å². The van der Waals surface area contributed by atoms with E-state index in [9.17, 15) is 15.0 Å². The summed E-state index contributed by atoms with van der Waals surface area (Å²) in [5, 5.41) is 22.7. The van der Waals surface area contributed by atoms with Crippen LogP contribution in [0.3, 0.4) is 0 Å². The minimum atomic E-state index is -0.881. The molecule has 2 atom stereocenters. The van der Waals surface area contributed by atoms with Crippen LogP contribution in [0.2, 0.25) is 0 Å². The zero-order chi connectivity index (χ0) is 28.7. The highest BCUT2D eigenvalue weighted by Gasteiger charge is 2.17. The number of nitrogens with one attached hydrogen (secondary N) is 1. The van der Waals surface area contributed by atoms with E-state index in [4.69, 9.17) is 0 Å². The number of carbonyl (C=O) groups excluding carboxylic acids is 1. The van der Waals surface area contributed by atoms with Gasteiger partial charge in [-0.1, -0.05) is 173 Å². The standard InChI is InChI=1S/C35H67NO3/c1-3-5-7-9-11-13-15-16-17-18-19-20-21-23-25-27-29-31-35(39)36-33(32-37)34(38)30-28-26-24-22-14-12-10-8-6-4-2/h24,26,28,30,33-34,37-38H,3-23,25,27,29,31-32H2,1-2H3,(H,36,39)/b26-24+,30-28+/t33-,34+/m0/s1. The van der Waals surface area contributed by atoms with Crippen LogP contribution in [0.5, 0.6) is 0 Å². The average molecular weight is 550 g/mol. The van der Waals surface area contributed by atoms with E-state index in [1.807, 2.05) is 12.2 Å². The fourth-order valence-electron chi connectivity index (χ4n) is 5.06. The molecule has 0 fully saturated rings. The van der Waals surface area contributed by atoms with E-state index in [2.05, 4.69) is 25.2 Å². The SMILES string of the molecule is CCCCCCCC/C=C/C=C/[C@@H](O)[C@H](CO)NC(=O)CCCCCCCCCCCCCCCCCCC. The van der Waals surface area contributed by atoms with Crippen molar-refractivity contribution >= 4 is 5.91 Å². The van der Waals surface area contributed by atoms with E-state index < -0.39 is 12.1 Å². The lowest BCUT2D eigenvalue weighted by molar-refractivity contribution is -0.123. The maximum Gasteiger partial charge on any atom is 0.220 e. The van der Waals surface area contributed by atoms with Crippen LogP contribution in [-0.4, -0.2) is 34.9 Å². The zero-order valence-corrected chi connectivity index (χ0v) is 26.2. The lowest BCUT2D eigenvalue weighted by Gasteiger charge is -2.19. The smallest absolute Gasteiger partial charge is 0.220 e. The minimum absolute atomic E-state index is 0.0823. The lowest BCUT2D eigenvalue weighted by Crippen LogP contribution is -2.45. The van der Waals surface area contributed by atoms with Crippen LogP contribution < -0.4 is 5.32 Å². The first kappa shape index (κ1) is 37.9. The quantitative estimate of drug-likeness (QED) is 0.0617. The van der Waals surface area contributed by atoms with E-state index in [-0.39, 0.29) is 12.5 Å². The molecule has 3 N–H and O–H groups in total. The number of amides is 1. The van der Waals surface area contributed by atoms with Crippen molar-refractivity contribution in [3.63, 3.8) is 0 Å². The molecule has 0 aromatic heterocycles. The van der Waals surface area contributed by atoms with Crippen molar-refractivity contribution in [2.75, 3.05) is 6.61 Å². The van der Waals surface area contributed by atoms with E-state index in [1.54, 1.807) is 6.08 Å². The van der Waals surface area contributed by atoms with Gasteiger partial charge in [0, 0.05) is 6.42 Å². The van der Waals surface area contributed by atoms with Gasteiger partial charge in [0.05, 0.1) is 18.8 Å². The van der Waals surface area contributed by atoms with Crippen LogP contribution in [0.25, 0.3) is 0 Å². The molecule has 0 saturated heterocycles. The van der Waals surface area contributed by atoms with E-state index in [0.717, 1.165) is 19.3 Å². The Bertz CT molecular complexity index is 560. The average Bonchev–Trinajstić information content (AvgIpc) is 2.94. The number of carbonyl (C=O) groups is 1. The highest BCUT2D eigenvalue weighted by molar-refractivity contribution is 5.76. The minimum Gasteiger partial charge on any atom is -0.394 e. The first-order chi connectivity index (χ1) is 19.2. The van der Waals surface area contributed by atoms with Crippen LogP contribution in [0.1, 0.15) is 174 Å². The van der Waals surface area contributed by atoms with Crippen molar-refractivity contribution in [1.29, 1.82) is 0 Å². The molecule has 4 heteroatoms. The number of allylic oxidation sites excluding steroid dienone is 3. The van der Waals surface area contributed by atoms with E-state index >= 15 is 0 Å². The van der Waals surface area contributed by atoms with Crippen molar-refractivity contribution in [1.82, 2.24) is 5.32 Å². The normalized spacial score (nSPS) is 13.4. The van der Waals surface area contributed by atoms with Crippen molar-refractivity contribution in [3.8, 4) is 0 Å². The number of rotatable bonds is 30. The summed E-state index contributed by atoms with van der Waals surface area (Å²) < 4.78 is 0. The number of aliphatic hydroxyl groups excluding tert-OH is 2. The summed E-state index contributed by atoms with van der Waals surface area (Å²) >= 11 is 0. The Kier molecular flexibility index (Phi) is 30.5. The Morgan fingerprint density at radius 1 is 0.615 bits per heavy atom. The Morgan fingerprint density at radius 2 is 1.03 bits per heavy atom. The van der Waals surface area contributed by atoms with Gasteiger partial charge in [-0.15, -0.1) is 0 Å². The van der Waals surface area contributed by atoms with Crippen molar-refractivity contribution in [2.45, 2.75) is 187 Å². The first-order valence-corrected chi connectivity index (χ1v) is 17.1. The highest BCUT2D eigenvalue weighted by Crippen LogP contribution is 2.14. The number of hydrogen-bond acceptors (Lipinski definition) is 3. The van der Waals surface area contributed by atoms with Gasteiger partial charge in [-0.25, -0.2) is 0 Å². The monoisotopic (exact) mass is 550 g/mol. The predicted molar refractivity (Wildman–Crippen MR) is 170 cm³/mol. The van der Waals surface area contributed by atoms with Crippen LogP contribution >= 0.6 is 0 Å². The summed E-state index contributed by atoms with van der Waals surface area (Å²) in [6, 6.07) is -0.647. The highest BCUT2D eigenvalue weighted by atomic mass is 16.3. The van der Waals surface area contributed by atoms with Gasteiger partial charge in [0.15, 0.2) is 0 Å². The summed E-state index contributed by atoms with van der Waals surface area (Å²) in [5.41, 5.74) is 0. The molecule has 0 rings (SSSR count). The summed E-state index contributed by atoms with van der Waals surface area (Å²) in [7, 11) is 0. The number of aliphatic hydroxyl groups is 2. The van der Waals surface area contributed by atoms with Gasteiger partial charge in [-0.3, -0.25) is 4.79 Å². The van der Waals surface area contributed by atoms with Gasteiger partial charge >= 0.3 is 0 Å². The Labute approximate surface area is 243 Å². The van der Waals surface area contributed by atoms with Crippen LogP contribution in [0.4, 0.5) is 0 Å². The molecule has 1 amide bonds. The van der Waals surface area contributed by atoms with Crippen LogP contribution in [-0.2, 0) is 4.79 Å². The molecule has 0 spiro atoms. The molecular weight excluding hydrogens is 482 g/mol. The van der Waals surface area contributed by atoms with E-state index in [1.165, 1.54) is 135 Å². The van der Waals surface area contributed by atoms with Crippen LogP contribution in [0.15, 0.2) is 24.3 Å². The second-order valence-corrected chi connectivity index (χ2v) is 11.6. The molecule has 0 saturated carbocycles. The van der Waals surface area contributed by atoms with Gasteiger partial charge in [0.1, 0.15) is 0 Å². The summed E-state index contributed by atoms with van der Waals surface area (Å²) in [6.07, 6.45) is 38.4. The molecule has 4 nitrogen and oxygen atoms in total. The molecule has 39 heavy (non-hydrogen) atoms. The third-order valence-corrected chi connectivity index (χ3v) is 7.74. The summed E-state index contributed by atoms with van der Waals surface area (Å²) in [4.78, 5) is 12.2. The maximum atomic E-state index is 12.2. The molecule has 0 aromatic rings. The third kappa shape index (κ3) is 28.2. The molecule has 0 radical (unpaired) electrons. The molecular formula is C35H67NO3. The molecule has 0 unspecified atom stereocenters. The summed E-state index contributed by atoms with van der Waals surface area (Å²) in [6.45, 7) is 4.25. The van der Waals surface area contributed by atoms with Gasteiger partial charge in [0.2, 0.25) is 5.91 Å². The van der Waals surface area contributed by atoms with Gasteiger partial charge in [-0.05, 0) is 19.3 Å². The van der Waals surface area contributed by atoms with E-state index in [0.29, 0.717) is 6.42 Å². The topological polar surface area (TPSA) is 69.6 Å². The first-order valence-electron chi connectivity index (χ1n) is 17.1. The molecule has 0 heterocycles. The molecule has 0 bridgehead atoms. The second-order valence-electron chi connectivity index (χ2n) is 11.6. The Morgan fingerprint density at radius 3 is 1.46 bits per heavy atom. The maximum absolute atomic E-state index is 12.2. The van der Waals surface area contributed by atoms with Gasteiger partial charge in [-0.2, -0.15) is 0 Å². The zero-order valence-electron chi connectivity index (χ0n) is 26.2. The summed E-state index contributed by atoms with van der Waals surface area (Å²) in [5.74, 6) is -0.0823. The second kappa shape index (κ2) is 31.4. The fraction of sp³-hybridized carbons (Fsp3) is 0.857. The predicted octanol–water partition coefficient (Wildman–Crippen LogP) is 9.73. The van der Waals surface area contributed by atoms with Crippen molar-refractivity contribution in [2.24, 2.45) is 0 Å². The molecule has 0 aliphatic rings. The molecule has 0 aliphatic carbocycles. The molecule has 0 aromatic carbocycles. The largest absolute Gasteiger partial charge is 0.394 e. The fourth-order valence-corrected chi connectivity index (χ4v) is 5.06. The number of hydrogen-bond donors (Lipinski definition) is 3. The molecule has 0 aliphatic heterocycles. The van der Waals surface area contributed by atoms with Crippen molar-refractivity contribution in [3.05, 3.63) is 24.3 Å². The van der Waals surface area contributed by atoms with Gasteiger partial charge < -0.3 is 15.5 Å². The van der Waals surface area contributed by atoms with Gasteiger partial charge in [0.25, 0.3) is 0 Å². The Balaban J connectivity index is 3.63. The third-order valence-electron chi connectivity index (χ3n) is 7.74. The van der Waals surface area contributed by atoms with Crippen LogP contribution in [0, 0.1) is 0 Å². The lowest BCUT2D eigenvalue weighted by atomic mass is 10.0.